The number of methoxy groups -OCH3 is 1. The van der Waals surface area contributed by atoms with E-state index < -0.39 is 28.5 Å². The zero-order valence-electron chi connectivity index (χ0n) is 18.6. The molecule has 1 amide bonds. The predicted octanol–water partition coefficient (Wildman–Crippen LogP) is 3.24. The summed E-state index contributed by atoms with van der Waals surface area (Å²) in [5.41, 5.74) is 2.81. The van der Waals surface area contributed by atoms with Crippen LogP contribution >= 0.6 is 0 Å². The van der Waals surface area contributed by atoms with E-state index in [0.717, 1.165) is 11.1 Å². The largest absolute Gasteiger partial charge is 0.497 e. The Bertz CT molecular complexity index is 1300. The summed E-state index contributed by atoms with van der Waals surface area (Å²) >= 11 is 0. The van der Waals surface area contributed by atoms with Crippen molar-refractivity contribution in [1.82, 2.24) is 4.31 Å². The topological polar surface area (TPSA) is 102 Å². The Morgan fingerprint density at radius 2 is 1.71 bits per heavy atom. The van der Waals surface area contributed by atoms with E-state index in [-0.39, 0.29) is 10.5 Å². The zero-order valence-corrected chi connectivity index (χ0v) is 19.4. The van der Waals surface area contributed by atoms with E-state index >= 15 is 0 Å². The zero-order chi connectivity index (χ0) is 24.1. The maximum Gasteiger partial charge on any atom is 0.338 e. The van der Waals surface area contributed by atoms with Crippen molar-refractivity contribution in [1.29, 1.82) is 0 Å². The van der Waals surface area contributed by atoms with Crippen molar-refractivity contribution in [3.63, 3.8) is 0 Å². The number of esters is 1. The van der Waals surface area contributed by atoms with Crippen molar-refractivity contribution in [2.24, 2.45) is 0 Å². The van der Waals surface area contributed by atoms with E-state index in [0.29, 0.717) is 30.9 Å². The molecule has 1 aliphatic rings. The Balaban J connectivity index is 1.35. The van der Waals surface area contributed by atoms with Crippen molar-refractivity contribution in [3.05, 3.63) is 89.5 Å². The van der Waals surface area contributed by atoms with Crippen LogP contribution in [0.5, 0.6) is 5.75 Å². The minimum atomic E-state index is -3.71. The van der Waals surface area contributed by atoms with Crippen LogP contribution in [-0.2, 0) is 32.5 Å². The van der Waals surface area contributed by atoms with Gasteiger partial charge in [0.2, 0.25) is 10.0 Å². The number of anilines is 1. The van der Waals surface area contributed by atoms with E-state index in [2.05, 4.69) is 5.32 Å². The number of carbonyl (C=O) groups excluding carboxylic acids is 2. The Morgan fingerprint density at radius 1 is 0.971 bits per heavy atom. The van der Waals surface area contributed by atoms with Gasteiger partial charge < -0.3 is 14.8 Å². The van der Waals surface area contributed by atoms with Crippen molar-refractivity contribution < 1.29 is 27.5 Å². The molecule has 0 fully saturated rings. The van der Waals surface area contributed by atoms with Gasteiger partial charge in [-0.1, -0.05) is 30.3 Å². The number of fused-ring (bicyclic) bond motifs is 1. The second-order valence-electron chi connectivity index (χ2n) is 7.74. The van der Waals surface area contributed by atoms with Crippen LogP contribution in [0.3, 0.4) is 0 Å². The molecule has 0 bridgehead atoms. The molecule has 0 radical (unpaired) electrons. The molecule has 8 nitrogen and oxygen atoms in total. The molecule has 0 atom stereocenters. The molecule has 0 saturated carbocycles. The monoisotopic (exact) mass is 480 g/mol. The Hall–Kier alpha value is -3.69. The Morgan fingerprint density at radius 3 is 2.44 bits per heavy atom. The normalized spacial score (nSPS) is 13.6. The molecule has 3 aromatic rings. The maximum atomic E-state index is 13.1. The minimum Gasteiger partial charge on any atom is -0.497 e. The molecule has 0 aromatic heterocycles. The van der Waals surface area contributed by atoms with Crippen LogP contribution in [0.1, 0.15) is 21.5 Å². The summed E-state index contributed by atoms with van der Waals surface area (Å²) in [4.78, 5) is 24.5. The number of amides is 1. The van der Waals surface area contributed by atoms with Gasteiger partial charge in [0.15, 0.2) is 6.61 Å². The first kappa shape index (κ1) is 23.5. The second-order valence-corrected chi connectivity index (χ2v) is 9.68. The lowest BCUT2D eigenvalue weighted by Gasteiger charge is -2.28. The van der Waals surface area contributed by atoms with Gasteiger partial charge in [-0.2, -0.15) is 4.31 Å². The summed E-state index contributed by atoms with van der Waals surface area (Å²) in [5, 5.41) is 2.61. The lowest BCUT2D eigenvalue weighted by Crippen LogP contribution is -2.35. The van der Waals surface area contributed by atoms with Crippen LogP contribution in [0.2, 0.25) is 0 Å². The first-order valence-corrected chi connectivity index (χ1v) is 12.1. The number of benzene rings is 3. The van der Waals surface area contributed by atoms with Gasteiger partial charge in [0, 0.05) is 24.8 Å². The van der Waals surface area contributed by atoms with Gasteiger partial charge in [-0.25, -0.2) is 13.2 Å². The SMILES string of the molecule is COc1cccc(NC(=O)COC(=O)c2ccc(S(=O)(=O)N3CCc4ccccc4C3)cc2)c1. The highest BCUT2D eigenvalue weighted by Crippen LogP contribution is 2.25. The number of hydrogen-bond acceptors (Lipinski definition) is 6. The highest BCUT2D eigenvalue weighted by molar-refractivity contribution is 7.89. The summed E-state index contributed by atoms with van der Waals surface area (Å²) in [6, 6.07) is 20.1. The van der Waals surface area contributed by atoms with Crippen LogP contribution in [0, 0.1) is 0 Å². The lowest BCUT2D eigenvalue weighted by atomic mass is 10.0. The predicted molar refractivity (Wildman–Crippen MR) is 126 cm³/mol. The lowest BCUT2D eigenvalue weighted by molar-refractivity contribution is -0.119. The maximum absolute atomic E-state index is 13.1. The van der Waals surface area contributed by atoms with Gasteiger partial charge in [-0.3, -0.25) is 4.79 Å². The average molecular weight is 481 g/mol. The Labute approximate surface area is 198 Å². The first-order chi connectivity index (χ1) is 16.4. The summed E-state index contributed by atoms with van der Waals surface area (Å²) < 4.78 is 37.7. The molecule has 9 heteroatoms. The molecule has 1 N–H and O–H groups in total. The van der Waals surface area contributed by atoms with Gasteiger partial charge in [-0.05, 0) is 53.9 Å². The summed E-state index contributed by atoms with van der Waals surface area (Å²) in [6.07, 6.45) is 0.650. The van der Waals surface area contributed by atoms with E-state index in [9.17, 15) is 18.0 Å². The summed E-state index contributed by atoms with van der Waals surface area (Å²) in [6.45, 7) is 0.222. The van der Waals surface area contributed by atoms with Gasteiger partial charge in [-0.15, -0.1) is 0 Å². The van der Waals surface area contributed by atoms with Crippen molar-refractivity contribution in [2.75, 3.05) is 25.6 Å². The van der Waals surface area contributed by atoms with Crippen LogP contribution < -0.4 is 10.1 Å². The number of hydrogen-bond donors (Lipinski definition) is 1. The van der Waals surface area contributed by atoms with Gasteiger partial charge in [0.25, 0.3) is 5.91 Å². The molecule has 0 unspecified atom stereocenters. The summed E-state index contributed by atoms with van der Waals surface area (Å²) in [5.74, 6) is -0.651. The molecule has 0 spiro atoms. The number of nitrogens with one attached hydrogen (secondary N) is 1. The number of nitrogens with zero attached hydrogens (tertiary/aromatic N) is 1. The molecule has 1 aliphatic heterocycles. The van der Waals surface area contributed by atoms with Crippen LogP contribution in [-0.4, -0.2) is 44.9 Å². The fourth-order valence-corrected chi connectivity index (χ4v) is 5.12. The fraction of sp³-hybridized carbons (Fsp3) is 0.200. The van der Waals surface area contributed by atoms with E-state index in [1.54, 1.807) is 24.3 Å². The minimum absolute atomic E-state index is 0.0965. The number of rotatable bonds is 7. The van der Waals surface area contributed by atoms with Crippen LogP contribution in [0.25, 0.3) is 0 Å². The van der Waals surface area contributed by atoms with Crippen molar-refractivity contribution in [3.8, 4) is 5.75 Å². The third-order valence-corrected chi connectivity index (χ3v) is 7.37. The van der Waals surface area contributed by atoms with Crippen LogP contribution in [0.4, 0.5) is 5.69 Å². The molecular formula is C25H24N2O6S. The average Bonchev–Trinajstić information content (AvgIpc) is 2.87. The van der Waals surface area contributed by atoms with Crippen molar-refractivity contribution in [2.45, 2.75) is 17.9 Å². The fourth-order valence-electron chi connectivity index (χ4n) is 3.70. The molecule has 3 aromatic carbocycles. The third kappa shape index (κ3) is 5.27. The molecular weight excluding hydrogens is 456 g/mol. The molecule has 4 rings (SSSR count). The second kappa shape index (κ2) is 10.1. The highest BCUT2D eigenvalue weighted by atomic mass is 32.2. The molecule has 34 heavy (non-hydrogen) atoms. The van der Waals surface area contributed by atoms with E-state index in [4.69, 9.17) is 9.47 Å². The summed E-state index contributed by atoms with van der Waals surface area (Å²) in [7, 11) is -2.19. The quantitative estimate of drug-likeness (QED) is 0.521. The smallest absolute Gasteiger partial charge is 0.338 e. The first-order valence-electron chi connectivity index (χ1n) is 10.6. The van der Waals surface area contributed by atoms with Crippen LogP contribution in [0.15, 0.2) is 77.7 Å². The van der Waals surface area contributed by atoms with Gasteiger partial charge in [0.05, 0.1) is 17.6 Å². The molecule has 0 saturated heterocycles. The number of ether oxygens (including phenoxy) is 2. The van der Waals surface area contributed by atoms with E-state index in [1.165, 1.54) is 35.7 Å². The van der Waals surface area contributed by atoms with Gasteiger partial charge in [0.1, 0.15) is 5.75 Å². The molecule has 0 aliphatic carbocycles. The standard InChI is InChI=1S/C25H24N2O6S/c1-32-22-8-4-7-21(15-22)26-24(28)17-33-25(29)19-9-11-23(12-10-19)34(30,31)27-14-13-18-5-2-3-6-20(18)16-27/h2-12,15H,13-14,16-17H2,1H3,(H,26,28). The molecule has 176 valence electrons. The number of sulfonamides is 1. The molecule has 1 heterocycles. The van der Waals surface area contributed by atoms with E-state index in [1.807, 2.05) is 24.3 Å². The van der Waals surface area contributed by atoms with Crippen molar-refractivity contribution >= 4 is 27.6 Å². The highest BCUT2D eigenvalue weighted by Gasteiger charge is 2.28. The Kier molecular flexibility index (Phi) is 6.95. The third-order valence-electron chi connectivity index (χ3n) is 5.51. The van der Waals surface area contributed by atoms with Gasteiger partial charge >= 0.3 is 5.97 Å². The number of carbonyl (C=O) groups is 2.